The second kappa shape index (κ2) is 10.1. The van der Waals surface area contributed by atoms with Crippen molar-refractivity contribution in [2.75, 3.05) is 39.9 Å². The van der Waals surface area contributed by atoms with Crippen LogP contribution in [0.15, 0.2) is 36.4 Å². The Morgan fingerprint density at radius 3 is 2.03 bits per heavy atom. The van der Waals surface area contributed by atoms with E-state index in [-0.39, 0.29) is 11.8 Å². The maximum Gasteiger partial charge on any atom is 0.254 e. The first kappa shape index (κ1) is 22.9. The highest BCUT2D eigenvalue weighted by Gasteiger charge is 2.27. The molecule has 0 bridgehead atoms. The zero-order valence-electron chi connectivity index (χ0n) is 18.5. The summed E-state index contributed by atoms with van der Waals surface area (Å²) in [6, 6.07) is 10.8. The minimum atomic E-state index is -0.141. The minimum absolute atomic E-state index is 0.0107. The van der Waals surface area contributed by atoms with Crippen molar-refractivity contribution in [3.63, 3.8) is 0 Å². The van der Waals surface area contributed by atoms with E-state index in [1.54, 1.807) is 21.9 Å². The van der Waals surface area contributed by atoms with E-state index in [2.05, 4.69) is 0 Å². The number of halogens is 1. The zero-order valence-corrected chi connectivity index (χ0v) is 19.2. The summed E-state index contributed by atoms with van der Waals surface area (Å²) in [5.74, 6) is 1.06. The summed E-state index contributed by atoms with van der Waals surface area (Å²) in [4.78, 5) is 29.3. The molecule has 166 valence electrons. The van der Waals surface area contributed by atoms with Crippen LogP contribution in [0.25, 0.3) is 0 Å². The average Bonchev–Trinajstić information content (AvgIpc) is 2.77. The molecule has 1 aliphatic rings. The van der Waals surface area contributed by atoms with Gasteiger partial charge < -0.3 is 19.3 Å². The van der Waals surface area contributed by atoms with Crippen molar-refractivity contribution >= 4 is 23.4 Å². The number of benzene rings is 2. The van der Waals surface area contributed by atoms with Crippen LogP contribution in [0, 0.1) is 12.8 Å². The molecule has 2 aromatic carbocycles. The van der Waals surface area contributed by atoms with E-state index in [9.17, 15) is 9.59 Å². The van der Waals surface area contributed by atoms with Gasteiger partial charge in [0, 0.05) is 37.3 Å². The molecule has 0 aromatic heterocycles. The third-order valence-corrected chi connectivity index (χ3v) is 5.47. The number of hydrogen-bond acceptors (Lipinski definition) is 4. The molecular weight excluding hydrogens is 416 g/mol. The van der Waals surface area contributed by atoms with Crippen LogP contribution < -0.4 is 9.47 Å². The maximum atomic E-state index is 13.0. The van der Waals surface area contributed by atoms with Gasteiger partial charge in [-0.15, -0.1) is 0 Å². The molecule has 0 unspecified atom stereocenters. The van der Waals surface area contributed by atoms with Gasteiger partial charge in [0.15, 0.2) is 11.5 Å². The first-order valence-corrected chi connectivity index (χ1v) is 10.8. The number of piperazine rings is 1. The largest absolute Gasteiger partial charge is 0.493 e. The number of carbonyl (C=O) groups is 2. The van der Waals surface area contributed by atoms with Gasteiger partial charge in [0.2, 0.25) is 0 Å². The van der Waals surface area contributed by atoms with E-state index in [0.717, 1.165) is 5.56 Å². The fourth-order valence-corrected chi connectivity index (χ4v) is 3.67. The van der Waals surface area contributed by atoms with Crippen LogP contribution in [0.2, 0.25) is 5.02 Å². The predicted octanol–water partition coefficient (Wildman–Crippen LogP) is 4.29. The third-order valence-electron chi connectivity index (χ3n) is 5.19. The predicted molar refractivity (Wildman–Crippen MR) is 121 cm³/mol. The Morgan fingerprint density at radius 1 is 0.968 bits per heavy atom. The lowest BCUT2D eigenvalue weighted by Crippen LogP contribution is -2.50. The summed E-state index contributed by atoms with van der Waals surface area (Å²) in [6.07, 6.45) is 0. The number of methoxy groups -OCH3 is 1. The molecule has 1 fully saturated rings. The Kier molecular flexibility index (Phi) is 7.44. The third kappa shape index (κ3) is 5.50. The standard InChI is InChI=1S/C24H29ClN2O4/c1-16(2)15-31-22-20(25)13-19(14-21(22)30-4)24(29)27-11-9-26(10-12-27)23(28)18-7-5-17(3)6-8-18/h5-8,13-14,16H,9-12,15H2,1-4H3. The van der Waals surface area contributed by atoms with Crippen LogP contribution in [-0.2, 0) is 0 Å². The molecule has 6 nitrogen and oxygen atoms in total. The van der Waals surface area contributed by atoms with Crippen molar-refractivity contribution < 1.29 is 19.1 Å². The van der Waals surface area contributed by atoms with Gasteiger partial charge >= 0.3 is 0 Å². The van der Waals surface area contributed by atoms with E-state index in [1.807, 2.05) is 45.0 Å². The Hall–Kier alpha value is -2.73. The monoisotopic (exact) mass is 444 g/mol. The van der Waals surface area contributed by atoms with Crippen LogP contribution >= 0.6 is 11.6 Å². The second-order valence-corrected chi connectivity index (χ2v) is 8.55. The molecule has 31 heavy (non-hydrogen) atoms. The van der Waals surface area contributed by atoms with Gasteiger partial charge in [-0.25, -0.2) is 0 Å². The maximum absolute atomic E-state index is 13.0. The van der Waals surface area contributed by atoms with E-state index < -0.39 is 0 Å². The summed E-state index contributed by atoms with van der Waals surface area (Å²) in [5.41, 5.74) is 2.22. The fraction of sp³-hybridized carbons (Fsp3) is 0.417. The van der Waals surface area contributed by atoms with Crippen LogP contribution in [0.1, 0.15) is 40.1 Å². The van der Waals surface area contributed by atoms with E-state index >= 15 is 0 Å². The van der Waals surface area contributed by atoms with Crippen molar-refractivity contribution in [2.24, 2.45) is 5.92 Å². The van der Waals surface area contributed by atoms with Crippen LogP contribution in [0.5, 0.6) is 11.5 Å². The van der Waals surface area contributed by atoms with Gasteiger partial charge in [-0.3, -0.25) is 9.59 Å². The lowest BCUT2D eigenvalue weighted by molar-refractivity contribution is 0.0535. The van der Waals surface area contributed by atoms with E-state index in [1.165, 1.54) is 7.11 Å². The molecule has 1 heterocycles. The van der Waals surface area contributed by atoms with Gasteiger partial charge in [0.05, 0.1) is 18.7 Å². The summed E-state index contributed by atoms with van der Waals surface area (Å²) >= 11 is 6.39. The van der Waals surface area contributed by atoms with Crippen molar-refractivity contribution in [3.8, 4) is 11.5 Å². The normalized spacial score (nSPS) is 14.0. The molecule has 0 atom stereocenters. The minimum Gasteiger partial charge on any atom is -0.493 e. The first-order valence-electron chi connectivity index (χ1n) is 10.5. The zero-order chi connectivity index (χ0) is 22.5. The summed E-state index contributed by atoms with van der Waals surface area (Å²) < 4.78 is 11.2. The molecule has 0 spiro atoms. The van der Waals surface area contributed by atoms with Gasteiger partial charge in [0.25, 0.3) is 11.8 Å². The first-order chi connectivity index (χ1) is 14.8. The molecule has 1 saturated heterocycles. The lowest BCUT2D eigenvalue weighted by atomic mass is 10.1. The molecule has 0 aliphatic carbocycles. The van der Waals surface area contributed by atoms with Crippen molar-refractivity contribution in [2.45, 2.75) is 20.8 Å². The SMILES string of the molecule is COc1cc(C(=O)N2CCN(C(=O)c3ccc(C)cc3)CC2)cc(Cl)c1OCC(C)C. The highest BCUT2D eigenvalue weighted by Crippen LogP contribution is 2.37. The van der Waals surface area contributed by atoms with E-state index in [0.29, 0.717) is 66.4 Å². The molecule has 0 saturated carbocycles. The number of rotatable bonds is 6. The molecule has 0 radical (unpaired) electrons. The quantitative estimate of drug-likeness (QED) is 0.666. The number of hydrogen-bond donors (Lipinski definition) is 0. The Labute approximate surface area is 188 Å². The molecule has 7 heteroatoms. The fourth-order valence-electron chi connectivity index (χ4n) is 3.41. The Bertz CT molecular complexity index is 935. The lowest BCUT2D eigenvalue weighted by Gasteiger charge is -2.35. The number of ether oxygens (including phenoxy) is 2. The van der Waals surface area contributed by atoms with Gasteiger partial charge in [-0.05, 0) is 37.1 Å². The van der Waals surface area contributed by atoms with Crippen molar-refractivity contribution in [3.05, 3.63) is 58.1 Å². The molecule has 1 aliphatic heterocycles. The number of carbonyl (C=O) groups excluding carboxylic acids is 2. The number of amides is 2. The van der Waals surface area contributed by atoms with Crippen molar-refractivity contribution in [1.82, 2.24) is 9.80 Å². The highest BCUT2D eigenvalue weighted by atomic mass is 35.5. The molecular formula is C24H29ClN2O4. The second-order valence-electron chi connectivity index (χ2n) is 8.14. The number of nitrogens with zero attached hydrogens (tertiary/aromatic N) is 2. The van der Waals surface area contributed by atoms with Crippen LogP contribution in [-0.4, -0.2) is 61.5 Å². The Morgan fingerprint density at radius 2 is 1.52 bits per heavy atom. The van der Waals surface area contributed by atoms with Gasteiger partial charge in [0.1, 0.15) is 0 Å². The molecule has 2 amide bonds. The molecule has 0 N–H and O–H groups in total. The smallest absolute Gasteiger partial charge is 0.254 e. The number of aryl methyl sites for hydroxylation is 1. The van der Waals surface area contributed by atoms with Crippen LogP contribution in [0.3, 0.4) is 0 Å². The summed E-state index contributed by atoms with van der Waals surface area (Å²) in [5, 5.41) is 0.344. The summed E-state index contributed by atoms with van der Waals surface area (Å²) in [7, 11) is 1.53. The van der Waals surface area contributed by atoms with Crippen molar-refractivity contribution in [1.29, 1.82) is 0 Å². The van der Waals surface area contributed by atoms with Gasteiger partial charge in [-0.2, -0.15) is 0 Å². The molecule has 2 aromatic rings. The highest BCUT2D eigenvalue weighted by molar-refractivity contribution is 6.32. The Balaban J connectivity index is 1.67. The summed E-state index contributed by atoms with van der Waals surface area (Å²) in [6.45, 7) is 8.47. The molecule has 3 rings (SSSR count). The average molecular weight is 445 g/mol. The van der Waals surface area contributed by atoms with Crippen LogP contribution in [0.4, 0.5) is 0 Å². The van der Waals surface area contributed by atoms with E-state index in [4.69, 9.17) is 21.1 Å². The topological polar surface area (TPSA) is 59.1 Å². The van der Waals surface area contributed by atoms with Gasteiger partial charge in [-0.1, -0.05) is 43.1 Å².